The number of esters is 1. The number of piperazine rings is 1. The number of carbonyl (C=O) groups is 1. The van der Waals surface area contributed by atoms with Crippen LogP contribution in [0.15, 0.2) is 78.2 Å². The third-order valence-electron chi connectivity index (χ3n) is 9.47. The van der Waals surface area contributed by atoms with E-state index >= 15 is 0 Å². The normalized spacial score (nSPS) is 17.3. The van der Waals surface area contributed by atoms with E-state index in [0.717, 1.165) is 55.2 Å². The van der Waals surface area contributed by atoms with Crippen LogP contribution in [0.2, 0.25) is 5.02 Å². The van der Waals surface area contributed by atoms with Crippen LogP contribution in [0, 0.1) is 0 Å². The van der Waals surface area contributed by atoms with E-state index in [1.165, 1.54) is 18.0 Å². The molecule has 0 bridgehead atoms. The van der Waals surface area contributed by atoms with Crippen LogP contribution in [-0.2, 0) is 23.3 Å². The Hall–Kier alpha value is -5.20. The Morgan fingerprint density at radius 2 is 1.84 bits per heavy atom. The first-order valence-corrected chi connectivity index (χ1v) is 16.7. The molecule has 0 spiro atoms. The van der Waals surface area contributed by atoms with Gasteiger partial charge in [-0.15, -0.1) is 6.58 Å². The molecule has 0 unspecified atom stereocenters. The summed E-state index contributed by atoms with van der Waals surface area (Å²) in [5.74, 6) is 0.417. The second-order valence-electron chi connectivity index (χ2n) is 12.3. The van der Waals surface area contributed by atoms with E-state index in [2.05, 4.69) is 38.8 Å². The van der Waals surface area contributed by atoms with E-state index in [0.29, 0.717) is 51.9 Å². The number of halogens is 1. The number of nitrogens with zero attached hydrogens (tertiary/aromatic N) is 7. The summed E-state index contributed by atoms with van der Waals surface area (Å²) < 4.78 is 8.02. The van der Waals surface area contributed by atoms with Gasteiger partial charge in [0.05, 0.1) is 35.6 Å². The van der Waals surface area contributed by atoms with Crippen molar-refractivity contribution < 1.29 is 14.6 Å². The number of carbonyl (C=O) groups excluding carboxylic acids is 1. The Labute approximate surface area is 288 Å². The number of hydrogen-bond acceptors (Lipinski definition) is 10. The molecule has 12 nitrogen and oxygen atoms in total. The number of rotatable bonds is 9. The lowest BCUT2D eigenvalue weighted by Gasteiger charge is -2.37. The highest BCUT2D eigenvalue weighted by atomic mass is 35.5. The largest absolute Gasteiger partial charge is 0.465 e. The third-order valence-corrected chi connectivity index (χ3v) is 9.77. The van der Waals surface area contributed by atoms with Crippen LogP contribution in [0.5, 0.6) is 0 Å². The highest BCUT2D eigenvalue weighted by Crippen LogP contribution is 2.38. The molecule has 5 aromatic rings. The molecule has 3 aromatic heterocycles. The molecule has 2 aliphatic rings. The lowest BCUT2D eigenvalue weighted by Crippen LogP contribution is -2.46. The van der Waals surface area contributed by atoms with E-state index in [9.17, 15) is 14.7 Å². The number of hydrogen-bond donors (Lipinski definition) is 2. The SMILES string of the molecule is C=CCn1c(=O)c2cnc(Nc3ccc(N4CCN(c5ccc(C(=O)OC)cc5Cl)CC4)cc3)nc2n1-c1ccc2c(n1)[C@@](O)(CC)CC2. The molecule has 1 atom stereocenters. The van der Waals surface area contributed by atoms with Gasteiger partial charge < -0.3 is 25.0 Å². The average Bonchev–Trinajstić information content (AvgIpc) is 3.61. The smallest absolute Gasteiger partial charge is 0.337 e. The predicted molar refractivity (Wildman–Crippen MR) is 191 cm³/mol. The molecule has 2 aromatic carbocycles. The van der Waals surface area contributed by atoms with Gasteiger partial charge in [0.1, 0.15) is 11.0 Å². The van der Waals surface area contributed by atoms with Crippen LogP contribution in [0.3, 0.4) is 0 Å². The number of methoxy groups -OCH3 is 1. The van der Waals surface area contributed by atoms with Gasteiger partial charge in [0.2, 0.25) is 5.95 Å². The minimum absolute atomic E-state index is 0.249. The summed E-state index contributed by atoms with van der Waals surface area (Å²) in [6, 6.07) is 17.1. The summed E-state index contributed by atoms with van der Waals surface area (Å²) in [5.41, 5.74) is 4.03. The van der Waals surface area contributed by atoms with E-state index in [-0.39, 0.29) is 12.1 Å². The molecular formula is C36H37ClN8O4. The fourth-order valence-electron chi connectivity index (χ4n) is 6.71. The lowest BCUT2D eigenvalue weighted by atomic mass is 9.98. The molecule has 1 fully saturated rings. The number of anilines is 4. The summed E-state index contributed by atoms with van der Waals surface area (Å²) in [6.07, 6.45) is 5.11. The second kappa shape index (κ2) is 13.0. The molecule has 2 N–H and O–H groups in total. The number of aryl methyl sites for hydroxylation is 1. The van der Waals surface area contributed by atoms with Crippen LogP contribution in [0.25, 0.3) is 16.9 Å². The summed E-state index contributed by atoms with van der Waals surface area (Å²) in [6.45, 7) is 9.18. The molecule has 0 amide bonds. The van der Waals surface area contributed by atoms with E-state index in [1.807, 2.05) is 37.3 Å². The van der Waals surface area contributed by atoms with Gasteiger partial charge in [-0.1, -0.05) is 30.7 Å². The Balaban J connectivity index is 1.09. The summed E-state index contributed by atoms with van der Waals surface area (Å²) in [5, 5.41) is 15.4. The van der Waals surface area contributed by atoms with Crippen molar-refractivity contribution in [3.63, 3.8) is 0 Å². The predicted octanol–water partition coefficient (Wildman–Crippen LogP) is 5.22. The number of aliphatic hydroxyl groups is 1. The van der Waals surface area contributed by atoms with Crippen molar-refractivity contribution in [1.82, 2.24) is 24.3 Å². The zero-order valence-corrected chi connectivity index (χ0v) is 28.2. The van der Waals surface area contributed by atoms with E-state index in [1.54, 1.807) is 22.9 Å². The number of nitrogens with one attached hydrogen (secondary N) is 1. The number of ether oxygens (including phenoxy) is 1. The van der Waals surface area contributed by atoms with Crippen molar-refractivity contribution in [3.8, 4) is 5.82 Å². The second-order valence-corrected chi connectivity index (χ2v) is 12.7. The molecule has 1 aliphatic heterocycles. The molecular weight excluding hydrogens is 644 g/mol. The zero-order valence-electron chi connectivity index (χ0n) is 27.4. The number of benzene rings is 2. The number of pyridine rings is 1. The quantitative estimate of drug-likeness (QED) is 0.158. The first-order chi connectivity index (χ1) is 23.7. The van der Waals surface area contributed by atoms with Crippen molar-refractivity contribution >= 4 is 51.6 Å². The number of fused-ring (bicyclic) bond motifs is 2. The van der Waals surface area contributed by atoms with Crippen LogP contribution >= 0.6 is 11.6 Å². The van der Waals surface area contributed by atoms with Gasteiger partial charge >= 0.3 is 5.97 Å². The number of allylic oxidation sites excluding steroid dienone is 1. The Morgan fingerprint density at radius 1 is 1.08 bits per heavy atom. The summed E-state index contributed by atoms with van der Waals surface area (Å²) in [7, 11) is 1.35. The summed E-state index contributed by atoms with van der Waals surface area (Å²) >= 11 is 6.52. The van der Waals surface area contributed by atoms with Gasteiger partial charge in [-0.3, -0.25) is 4.79 Å². The maximum absolute atomic E-state index is 13.4. The molecule has 4 heterocycles. The van der Waals surface area contributed by atoms with Gasteiger partial charge in [-0.05, 0) is 73.4 Å². The minimum Gasteiger partial charge on any atom is -0.465 e. The van der Waals surface area contributed by atoms with Crippen LogP contribution in [0.4, 0.5) is 23.0 Å². The maximum atomic E-state index is 13.4. The van der Waals surface area contributed by atoms with Gasteiger partial charge in [-0.2, -0.15) is 4.98 Å². The number of aromatic nitrogens is 5. The van der Waals surface area contributed by atoms with Crippen molar-refractivity contribution in [3.05, 3.63) is 106 Å². The highest BCUT2D eigenvalue weighted by Gasteiger charge is 2.37. The summed E-state index contributed by atoms with van der Waals surface area (Å²) in [4.78, 5) is 43.9. The van der Waals surface area contributed by atoms with Crippen molar-refractivity contribution in [1.29, 1.82) is 0 Å². The van der Waals surface area contributed by atoms with Gasteiger partial charge in [0, 0.05) is 43.8 Å². The first kappa shape index (κ1) is 32.4. The first-order valence-electron chi connectivity index (χ1n) is 16.3. The molecule has 0 radical (unpaired) electrons. The molecule has 7 rings (SSSR count). The molecule has 1 saturated heterocycles. The molecule has 0 saturated carbocycles. The van der Waals surface area contributed by atoms with E-state index in [4.69, 9.17) is 26.3 Å². The van der Waals surface area contributed by atoms with Crippen LogP contribution in [0.1, 0.15) is 41.4 Å². The van der Waals surface area contributed by atoms with Crippen molar-refractivity contribution in [2.75, 3.05) is 48.4 Å². The molecule has 1 aliphatic carbocycles. The van der Waals surface area contributed by atoms with Crippen molar-refractivity contribution in [2.24, 2.45) is 0 Å². The Morgan fingerprint density at radius 3 is 2.53 bits per heavy atom. The Kier molecular flexibility index (Phi) is 8.59. The average molecular weight is 681 g/mol. The fourth-order valence-corrected chi connectivity index (χ4v) is 7.01. The topological polar surface area (TPSA) is 131 Å². The monoisotopic (exact) mass is 680 g/mol. The third kappa shape index (κ3) is 5.91. The van der Waals surface area contributed by atoms with Crippen LogP contribution < -0.4 is 20.7 Å². The Bertz CT molecular complexity index is 2120. The maximum Gasteiger partial charge on any atom is 0.337 e. The van der Waals surface area contributed by atoms with Crippen LogP contribution in [-0.4, -0.2) is 68.7 Å². The zero-order chi connectivity index (χ0) is 34.3. The standard InChI is InChI=1S/C36H37ClN8O4/c1-4-16-44-33(46)27-22-38-35(41-32(27)45(44)30-13-7-23-14-15-36(48,5-2)31(23)40-30)39-25-8-10-26(11-9-25)42-17-19-43(20-18-42)29-12-6-24(21-28(29)37)34(47)49-3/h4,6-13,21-22,48H,1,5,14-20H2,2-3H3,(H,38,39,41)/t36-/m1/s1. The van der Waals surface area contributed by atoms with Gasteiger partial charge in [0.25, 0.3) is 5.56 Å². The highest BCUT2D eigenvalue weighted by molar-refractivity contribution is 6.33. The van der Waals surface area contributed by atoms with Crippen molar-refractivity contribution in [2.45, 2.75) is 38.3 Å². The molecule has 49 heavy (non-hydrogen) atoms. The fraction of sp³-hybridized carbons (Fsp3) is 0.306. The lowest BCUT2D eigenvalue weighted by molar-refractivity contribution is 0.0305. The van der Waals surface area contributed by atoms with Gasteiger partial charge in [0.15, 0.2) is 11.5 Å². The minimum atomic E-state index is -0.994. The molecule has 13 heteroatoms. The molecule has 252 valence electrons. The van der Waals surface area contributed by atoms with E-state index < -0.39 is 11.6 Å². The van der Waals surface area contributed by atoms with Gasteiger partial charge in [-0.25, -0.2) is 24.1 Å².